The van der Waals surface area contributed by atoms with Gasteiger partial charge in [-0.05, 0) is 40.7 Å². The van der Waals surface area contributed by atoms with Crippen LogP contribution in [0.3, 0.4) is 0 Å². The van der Waals surface area contributed by atoms with Gasteiger partial charge in [-0.3, -0.25) is 0 Å². The molecule has 0 aromatic rings. The molecule has 0 bridgehead atoms. The topological polar surface area (TPSA) is 12.0 Å². The standard InChI is InChI=1S/C12H21N.C3H8.C2H6/c1-9(2)7-8-12(10(3)4)13-11(5)6;1-3-2;1-2/h7-8,11,13H,1H2,2-6H3;3H2,1-2H3;1-2H3/b8-7-;;. The third-order valence-corrected chi connectivity index (χ3v) is 1.52. The molecule has 1 N–H and O–H groups in total. The molecule has 108 valence electrons. The highest BCUT2D eigenvalue weighted by Crippen LogP contribution is 2.04. The largest absolute Gasteiger partial charge is 0.383 e. The summed E-state index contributed by atoms with van der Waals surface area (Å²) in [5, 5.41) is 3.39. The molecule has 18 heavy (non-hydrogen) atoms. The van der Waals surface area contributed by atoms with Crippen LogP contribution in [0, 0.1) is 0 Å². The van der Waals surface area contributed by atoms with E-state index in [1.165, 1.54) is 17.7 Å². The van der Waals surface area contributed by atoms with Crippen LogP contribution in [0.15, 0.2) is 35.6 Å². The van der Waals surface area contributed by atoms with Crippen LogP contribution in [0.4, 0.5) is 0 Å². The summed E-state index contributed by atoms with van der Waals surface area (Å²) in [5.41, 5.74) is 3.56. The summed E-state index contributed by atoms with van der Waals surface area (Å²) in [6.07, 6.45) is 5.36. The van der Waals surface area contributed by atoms with Crippen LogP contribution in [0.5, 0.6) is 0 Å². The molecule has 0 aromatic carbocycles. The molecule has 0 aliphatic rings. The Balaban J connectivity index is -0.000000389. The maximum Gasteiger partial charge on any atom is 0.0328 e. The normalized spacial score (nSPS) is 9.00. The highest BCUT2D eigenvalue weighted by atomic mass is 14.9. The van der Waals surface area contributed by atoms with Crippen molar-refractivity contribution in [1.82, 2.24) is 5.32 Å². The van der Waals surface area contributed by atoms with Crippen LogP contribution < -0.4 is 5.32 Å². The molecule has 0 radical (unpaired) electrons. The Hall–Kier alpha value is -0.980. The van der Waals surface area contributed by atoms with Gasteiger partial charge >= 0.3 is 0 Å². The van der Waals surface area contributed by atoms with Crippen LogP contribution >= 0.6 is 0 Å². The van der Waals surface area contributed by atoms with Gasteiger partial charge in [0.25, 0.3) is 0 Å². The fraction of sp³-hybridized carbons (Fsp3) is 0.647. The quantitative estimate of drug-likeness (QED) is 0.619. The first kappa shape index (κ1) is 22.2. The molecule has 1 heteroatoms. The number of nitrogens with one attached hydrogen (secondary N) is 1. The predicted octanol–water partition coefficient (Wildman–Crippen LogP) is 5.85. The second-order valence-corrected chi connectivity index (χ2v) is 4.60. The van der Waals surface area contributed by atoms with Crippen molar-refractivity contribution in [3.8, 4) is 0 Å². The average Bonchev–Trinajstić information content (AvgIpc) is 2.27. The first-order valence-electron chi connectivity index (χ1n) is 7.12. The lowest BCUT2D eigenvalue weighted by atomic mass is 10.2. The summed E-state index contributed by atoms with van der Waals surface area (Å²) in [7, 11) is 0. The van der Waals surface area contributed by atoms with E-state index in [-0.39, 0.29) is 0 Å². The molecule has 0 rings (SSSR count). The maximum atomic E-state index is 3.83. The lowest BCUT2D eigenvalue weighted by Gasteiger charge is -2.12. The molecule has 1 nitrogen and oxygen atoms in total. The molecule has 0 saturated carbocycles. The molecule has 0 saturated heterocycles. The van der Waals surface area contributed by atoms with Crippen molar-refractivity contribution in [2.24, 2.45) is 0 Å². The Bertz CT molecular complexity index is 240. The van der Waals surface area contributed by atoms with E-state index < -0.39 is 0 Å². The zero-order valence-corrected chi connectivity index (χ0v) is 14.1. The second kappa shape index (κ2) is 16.0. The number of allylic oxidation sites excluding steroid dienone is 4. The second-order valence-electron chi connectivity index (χ2n) is 4.60. The van der Waals surface area contributed by atoms with Crippen molar-refractivity contribution in [2.45, 2.75) is 74.8 Å². The summed E-state index contributed by atoms with van der Waals surface area (Å²) in [4.78, 5) is 0. The molecule has 0 spiro atoms. The highest BCUT2D eigenvalue weighted by Gasteiger charge is 1.96. The van der Waals surface area contributed by atoms with E-state index in [1.807, 2.05) is 26.8 Å². The van der Waals surface area contributed by atoms with Crippen LogP contribution in [0.1, 0.15) is 68.7 Å². The van der Waals surface area contributed by atoms with Crippen molar-refractivity contribution < 1.29 is 0 Å². The van der Waals surface area contributed by atoms with E-state index in [1.54, 1.807) is 0 Å². The Labute approximate surface area is 116 Å². The van der Waals surface area contributed by atoms with Gasteiger partial charge in [0, 0.05) is 11.7 Å². The fourth-order valence-electron chi connectivity index (χ4n) is 0.896. The van der Waals surface area contributed by atoms with Crippen LogP contribution in [-0.2, 0) is 0 Å². The van der Waals surface area contributed by atoms with Crippen molar-refractivity contribution in [3.63, 3.8) is 0 Å². The van der Waals surface area contributed by atoms with Gasteiger partial charge in [0.15, 0.2) is 0 Å². The Morgan fingerprint density at radius 3 is 1.67 bits per heavy atom. The molecule has 0 aliphatic heterocycles. The lowest BCUT2D eigenvalue weighted by molar-refractivity contribution is 0.675. The molecule has 0 atom stereocenters. The molecule has 0 unspecified atom stereocenters. The van der Waals surface area contributed by atoms with Gasteiger partial charge < -0.3 is 5.32 Å². The first-order chi connectivity index (χ1) is 8.34. The monoisotopic (exact) mass is 253 g/mol. The Morgan fingerprint density at radius 1 is 1.06 bits per heavy atom. The van der Waals surface area contributed by atoms with Crippen molar-refractivity contribution >= 4 is 0 Å². The van der Waals surface area contributed by atoms with Crippen molar-refractivity contribution in [2.75, 3.05) is 0 Å². The predicted molar refractivity (Wildman–Crippen MR) is 87.9 cm³/mol. The molecular formula is C17H35N. The number of hydrogen-bond acceptors (Lipinski definition) is 1. The van der Waals surface area contributed by atoms with Crippen LogP contribution in [0.2, 0.25) is 0 Å². The maximum absolute atomic E-state index is 3.83. The fourth-order valence-corrected chi connectivity index (χ4v) is 0.896. The molecular weight excluding hydrogens is 218 g/mol. The zero-order valence-electron chi connectivity index (χ0n) is 14.1. The third kappa shape index (κ3) is 20.4. The Kier molecular flexibility index (Phi) is 19.8. The van der Waals surface area contributed by atoms with Gasteiger partial charge in [0.2, 0.25) is 0 Å². The third-order valence-electron chi connectivity index (χ3n) is 1.52. The molecule has 0 aromatic heterocycles. The van der Waals surface area contributed by atoms with Crippen LogP contribution in [0.25, 0.3) is 0 Å². The molecule has 0 amide bonds. The summed E-state index contributed by atoms with van der Waals surface area (Å²) in [5.74, 6) is 0. The van der Waals surface area contributed by atoms with Gasteiger partial charge in [0.1, 0.15) is 0 Å². The van der Waals surface area contributed by atoms with E-state index in [0.29, 0.717) is 6.04 Å². The van der Waals surface area contributed by atoms with E-state index in [9.17, 15) is 0 Å². The average molecular weight is 253 g/mol. The van der Waals surface area contributed by atoms with Gasteiger partial charge in [-0.2, -0.15) is 0 Å². The SMILES string of the molecule is C=C(C)/C=C\C(NC(C)C)=C(C)C.CC.CCC. The zero-order chi connectivity index (χ0) is 15.1. The smallest absolute Gasteiger partial charge is 0.0328 e. The summed E-state index contributed by atoms with van der Waals surface area (Å²) < 4.78 is 0. The molecule has 0 heterocycles. The van der Waals surface area contributed by atoms with E-state index in [0.717, 1.165) is 5.57 Å². The van der Waals surface area contributed by atoms with Gasteiger partial charge in [-0.25, -0.2) is 0 Å². The Morgan fingerprint density at radius 2 is 1.44 bits per heavy atom. The summed E-state index contributed by atoms with van der Waals surface area (Å²) >= 11 is 0. The van der Waals surface area contributed by atoms with E-state index in [4.69, 9.17) is 0 Å². The minimum absolute atomic E-state index is 0.472. The van der Waals surface area contributed by atoms with Gasteiger partial charge in [-0.1, -0.05) is 57.9 Å². The minimum Gasteiger partial charge on any atom is -0.383 e. The lowest BCUT2D eigenvalue weighted by Crippen LogP contribution is -2.21. The number of hydrogen-bond donors (Lipinski definition) is 1. The summed E-state index contributed by atoms with van der Waals surface area (Å²) in [6, 6.07) is 0.472. The van der Waals surface area contributed by atoms with Gasteiger partial charge in [-0.15, -0.1) is 0 Å². The number of rotatable bonds is 4. The van der Waals surface area contributed by atoms with E-state index >= 15 is 0 Å². The van der Waals surface area contributed by atoms with Gasteiger partial charge in [0.05, 0.1) is 0 Å². The minimum atomic E-state index is 0.472. The van der Waals surface area contributed by atoms with Crippen LogP contribution in [-0.4, -0.2) is 6.04 Å². The molecule has 0 aliphatic carbocycles. The summed E-state index contributed by atoms with van der Waals surface area (Å²) in [6.45, 7) is 22.6. The van der Waals surface area contributed by atoms with E-state index in [2.05, 4.69) is 59.5 Å². The van der Waals surface area contributed by atoms with Crippen molar-refractivity contribution in [1.29, 1.82) is 0 Å². The van der Waals surface area contributed by atoms with Crippen molar-refractivity contribution in [3.05, 3.63) is 35.6 Å². The highest BCUT2D eigenvalue weighted by molar-refractivity contribution is 5.27. The first-order valence-corrected chi connectivity index (χ1v) is 7.12. The molecule has 0 fully saturated rings.